The monoisotopic (exact) mass is 365 g/mol. The van der Waals surface area contributed by atoms with E-state index >= 15 is 0 Å². The van der Waals surface area contributed by atoms with Crippen molar-refractivity contribution >= 4 is 23.4 Å². The second-order valence-corrected chi connectivity index (χ2v) is 6.75. The number of hydrogen-bond donors (Lipinski definition) is 2. The maximum absolute atomic E-state index is 12.9. The molecule has 1 aliphatic heterocycles. The van der Waals surface area contributed by atoms with E-state index in [0.717, 1.165) is 24.0 Å². The van der Waals surface area contributed by atoms with Crippen molar-refractivity contribution in [3.8, 4) is 0 Å². The Balaban J connectivity index is 1.86. The number of hydrogen-bond acceptors (Lipinski definition) is 4. The quantitative estimate of drug-likeness (QED) is 0.608. The summed E-state index contributed by atoms with van der Waals surface area (Å²) in [7, 11) is 0. The summed E-state index contributed by atoms with van der Waals surface area (Å²) in [6.45, 7) is 4.88. The van der Waals surface area contributed by atoms with Gasteiger partial charge in [-0.2, -0.15) is 0 Å². The summed E-state index contributed by atoms with van der Waals surface area (Å²) in [5.41, 5.74) is 8.77. The molecule has 27 heavy (non-hydrogen) atoms. The molecule has 3 N–H and O–H groups in total. The van der Waals surface area contributed by atoms with Crippen LogP contribution < -0.4 is 16.0 Å². The number of rotatable bonds is 6. The predicted molar refractivity (Wildman–Crippen MR) is 104 cm³/mol. The predicted octanol–water partition coefficient (Wildman–Crippen LogP) is 2.57. The summed E-state index contributed by atoms with van der Waals surface area (Å²) in [6, 6.07) is 10.3. The van der Waals surface area contributed by atoms with Crippen LogP contribution in [0.4, 0.5) is 5.69 Å². The van der Waals surface area contributed by atoms with E-state index in [-0.39, 0.29) is 17.4 Å². The summed E-state index contributed by atoms with van der Waals surface area (Å²) in [6.07, 6.45) is 1.63. The molecule has 2 aromatic carbocycles. The van der Waals surface area contributed by atoms with Gasteiger partial charge >= 0.3 is 0 Å². The third kappa shape index (κ3) is 3.61. The first kappa shape index (κ1) is 18.8. The molecule has 0 bridgehead atoms. The first-order valence-electron chi connectivity index (χ1n) is 9.02. The van der Waals surface area contributed by atoms with E-state index in [9.17, 15) is 14.4 Å². The third-order valence-electron chi connectivity index (χ3n) is 4.67. The molecule has 0 fully saturated rings. The van der Waals surface area contributed by atoms with Gasteiger partial charge in [-0.1, -0.05) is 12.1 Å². The molecule has 1 aliphatic rings. The Bertz CT molecular complexity index is 921. The van der Waals surface area contributed by atoms with Gasteiger partial charge in [-0.05, 0) is 68.6 Å². The van der Waals surface area contributed by atoms with E-state index in [1.807, 2.05) is 32.0 Å². The van der Waals surface area contributed by atoms with E-state index in [2.05, 4.69) is 5.32 Å². The Morgan fingerprint density at radius 2 is 1.74 bits per heavy atom. The van der Waals surface area contributed by atoms with Crippen LogP contribution in [0, 0.1) is 13.8 Å². The van der Waals surface area contributed by atoms with Gasteiger partial charge in [0.15, 0.2) is 0 Å². The van der Waals surface area contributed by atoms with Crippen LogP contribution in [-0.2, 0) is 0 Å². The topological polar surface area (TPSA) is 92.5 Å². The van der Waals surface area contributed by atoms with Crippen LogP contribution in [0.25, 0.3) is 0 Å². The Labute approximate surface area is 158 Å². The van der Waals surface area contributed by atoms with Gasteiger partial charge in [-0.3, -0.25) is 14.4 Å². The Morgan fingerprint density at radius 1 is 1.00 bits per heavy atom. The number of imide groups is 1. The maximum atomic E-state index is 12.9. The van der Waals surface area contributed by atoms with Crippen LogP contribution in [0.3, 0.4) is 0 Å². The number of amides is 3. The van der Waals surface area contributed by atoms with Gasteiger partial charge in [-0.25, -0.2) is 4.90 Å². The molecule has 140 valence electrons. The summed E-state index contributed by atoms with van der Waals surface area (Å²) in [5, 5.41) is 2.81. The van der Waals surface area contributed by atoms with E-state index in [1.54, 1.807) is 12.1 Å². The molecule has 0 aromatic heterocycles. The van der Waals surface area contributed by atoms with Gasteiger partial charge in [0.2, 0.25) is 0 Å². The first-order valence-corrected chi connectivity index (χ1v) is 9.02. The van der Waals surface area contributed by atoms with Crippen molar-refractivity contribution in [1.82, 2.24) is 5.32 Å². The molecule has 3 amide bonds. The largest absolute Gasteiger partial charge is 0.352 e. The normalized spacial score (nSPS) is 13.1. The number of carbonyl (C=O) groups is 3. The minimum Gasteiger partial charge on any atom is -0.352 e. The number of aryl methyl sites for hydroxylation is 2. The molecule has 2 aromatic rings. The van der Waals surface area contributed by atoms with E-state index in [4.69, 9.17) is 5.73 Å². The Kier molecular flexibility index (Phi) is 5.37. The van der Waals surface area contributed by atoms with Crippen LogP contribution in [0.15, 0.2) is 36.4 Å². The molecular weight excluding hydrogens is 342 g/mol. The van der Waals surface area contributed by atoms with Crippen molar-refractivity contribution in [2.75, 3.05) is 18.0 Å². The van der Waals surface area contributed by atoms with Crippen LogP contribution in [0.5, 0.6) is 0 Å². The second kappa shape index (κ2) is 7.72. The Hall–Kier alpha value is -2.99. The summed E-state index contributed by atoms with van der Waals surface area (Å²) in [5.74, 6) is -1.03. The van der Waals surface area contributed by atoms with Crippen LogP contribution in [-0.4, -0.2) is 30.8 Å². The molecular formula is C21H23N3O3. The highest BCUT2D eigenvalue weighted by molar-refractivity contribution is 6.35. The van der Waals surface area contributed by atoms with Crippen LogP contribution >= 0.6 is 0 Å². The van der Waals surface area contributed by atoms with Gasteiger partial charge in [0.25, 0.3) is 17.7 Å². The van der Waals surface area contributed by atoms with Crippen molar-refractivity contribution in [2.24, 2.45) is 5.73 Å². The highest BCUT2D eigenvalue weighted by Crippen LogP contribution is 2.31. The molecule has 6 heteroatoms. The lowest BCUT2D eigenvalue weighted by atomic mass is 10.1. The lowest BCUT2D eigenvalue weighted by molar-refractivity contribution is 0.0923. The molecule has 0 aliphatic carbocycles. The lowest BCUT2D eigenvalue weighted by Crippen LogP contribution is -2.30. The molecule has 0 saturated carbocycles. The molecule has 6 nitrogen and oxygen atoms in total. The first-order chi connectivity index (χ1) is 12.9. The maximum Gasteiger partial charge on any atom is 0.266 e. The standard InChI is InChI=1S/C21H23N3O3/c1-13-5-6-14(2)18(11-13)24-20(26)16-8-7-15(12-17(16)21(24)27)19(25)23-10-4-3-9-22/h5-8,11-12H,3-4,9-10,22H2,1-2H3,(H,23,25). The number of nitrogens with two attached hydrogens (primary N) is 1. The van der Waals surface area contributed by atoms with Gasteiger partial charge in [-0.15, -0.1) is 0 Å². The zero-order valence-electron chi connectivity index (χ0n) is 15.5. The van der Waals surface area contributed by atoms with Gasteiger partial charge in [0, 0.05) is 12.1 Å². The number of nitrogens with zero attached hydrogens (tertiary/aromatic N) is 1. The van der Waals surface area contributed by atoms with E-state index in [0.29, 0.717) is 29.9 Å². The van der Waals surface area contributed by atoms with E-state index < -0.39 is 5.91 Å². The summed E-state index contributed by atoms with van der Waals surface area (Å²) in [4.78, 5) is 39.2. The Morgan fingerprint density at radius 3 is 2.48 bits per heavy atom. The highest BCUT2D eigenvalue weighted by Gasteiger charge is 2.37. The fourth-order valence-corrected chi connectivity index (χ4v) is 3.13. The SMILES string of the molecule is Cc1ccc(C)c(N2C(=O)c3ccc(C(=O)NCCCCN)cc3C2=O)c1. The number of nitrogens with one attached hydrogen (secondary N) is 1. The number of benzene rings is 2. The fraction of sp³-hybridized carbons (Fsp3) is 0.286. The van der Waals surface area contributed by atoms with E-state index in [1.165, 1.54) is 11.0 Å². The highest BCUT2D eigenvalue weighted by atomic mass is 16.2. The average Bonchev–Trinajstić information content (AvgIpc) is 2.91. The molecule has 3 rings (SSSR count). The molecule has 0 atom stereocenters. The number of fused-ring (bicyclic) bond motifs is 1. The van der Waals surface area contributed by atoms with Crippen LogP contribution in [0.2, 0.25) is 0 Å². The average molecular weight is 365 g/mol. The molecule has 0 saturated heterocycles. The minimum absolute atomic E-state index is 0.260. The van der Waals surface area contributed by atoms with Crippen molar-refractivity contribution in [3.63, 3.8) is 0 Å². The molecule has 1 heterocycles. The van der Waals surface area contributed by atoms with Gasteiger partial charge < -0.3 is 11.1 Å². The smallest absolute Gasteiger partial charge is 0.266 e. The van der Waals surface area contributed by atoms with Crippen molar-refractivity contribution in [2.45, 2.75) is 26.7 Å². The third-order valence-corrected chi connectivity index (χ3v) is 4.67. The minimum atomic E-state index is -0.401. The van der Waals surface area contributed by atoms with Crippen molar-refractivity contribution < 1.29 is 14.4 Å². The molecule has 0 spiro atoms. The molecule has 0 radical (unpaired) electrons. The van der Waals surface area contributed by atoms with Crippen LogP contribution in [0.1, 0.15) is 55.0 Å². The van der Waals surface area contributed by atoms with Crippen molar-refractivity contribution in [3.05, 3.63) is 64.2 Å². The number of anilines is 1. The summed E-state index contributed by atoms with van der Waals surface area (Å²) < 4.78 is 0. The summed E-state index contributed by atoms with van der Waals surface area (Å²) >= 11 is 0. The van der Waals surface area contributed by atoms with Crippen molar-refractivity contribution in [1.29, 1.82) is 0 Å². The fourth-order valence-electron chi connectivity index (χ4n) is 3.13. The number of carbonyl (C=O) groups excluding carboxylic acids is 3. The zero-order chi connectivity index (χ0) is 19.6. The zero-order valence-corrected chi connectivity index (χ0v) is 15.5. The molecule has 0 unspecified atom stereocenters. The lowest BCUT2D eigenvalue weighted by Gasteiger charge is -2.17. The van der Waals surface area contributed by atoms with Gasteiger partial charge in [0.1, 0.15) is 0 Å². The van der Waals surface area contributed by atoms with Gasteiger partial charge in [0.05, 0.1) is 16.8 Å². The second-order valence-electron chi connectivity index (χ2n) is 6.75. The number of unbranched alkanes of at least 4 members (excludes halogenated alkanes) is 1.